The first-order chi connectivity index (χ1) is 6.29. The second-order valence-corrected chi connectivity index (χ2v) is 4.08. The van der Waals surface area contributed by atoms with E-state index in [-0.39, 0.29) is 18.6 Å². The van der Waals surface area contributed by atoms with Gasteiger partial charge in [-0.15, -0.1) is 0 Å². The lowest BCUT2D eigenvalue weighted by molar-refractivity contribution is -0.00119. The number of aliphatic hydroxyl groups excluding tert-OH is 2. The summed E-state index contributed by atoms with van der Waals surface area (Å²) in [5.74, 6) is 0.456. The molecule has 0 saturated carbocycles. The Morgan fingerprint density at radius 2 is 2.00 bits per heavy atom. The summed E-state index contributed by atoms with van der Waals surface area (Å²) in [5, 5.41) is 18.7. The molecule has 0 aromatic heterocycles. The highest BCUT2D eigenvalue weighted by Gasteiger charge is 2.37. The Morgan fingerprint density at radius 3 is 2.54 bits per heavy atom. The van der Waals surface area contributed by atoms with Crippen LogP contribution < -0.4 is 0 Å². The van der Waals surface area contributed by atoms with E-state index in [0.29, 0.717) is 5.92 Å². The summed E-state index contributed by atoms with van der Waals surface area (Å²) in [5.41, 5.74) is -0.245. The average molecular weight is 184 g/mol. The Balaban J connectivity index is 2.71. The molecule has 1 atom stereocenters. The van der Waals surface area contributed by atoms with Crippen LogP contribution in [0.2, 0.25) is 0 Å². The van der Waals surface area contributed by atoms with Crippen LogP contribution in [-0.2, 0) is 0 Å². The van der Waals surface area contributed by atoms with Crippen LogP contribution in [0.15, 0.2) is 12.2 Å². The molecule has 1 rings (SSSR count). The van der Waals surface area contributed by atoms with Gasteiger partial charge in [-0.25, -0.2) is 0 Å². The van der Waals surface area contributed by atoms with Gasteiger partial charge in [-0.05, 0) is 25.2 Å². The van der Waals surface area contributed by atoms with Crippen molar-refractivity contribution in [2.24, 2.45) is 11.3 Å². The van der Waals surface area contributed by atoms with Gasteiger partial charge in [0.1, 0.15) is 0 Å². The van der Waals surface area contributed by atoms with E-state index in [2.05, 4.69) is 19.1 Å². The van der Waals surface area contributed by atoms with Crippen LogP contribution in [0.1, 0.15) is 32.6 Å². The van der Waals surface area contributed by atoms with Crippen molar-refractivity contribution in [3.8, 4) is 0 Å². The molecule has 0 amide bonds. The lowest BCUT2D eigenvalue weighted by atomic mass is 9.68. The molecule has 2 N–H and O–H groups in total. The van der Waals surface area contributed by atoms with Crippen LogP contribution in [0, 0.1) is 11.3 Å². The van der Waals surface area contributed by atoms with E-state index in [4.69, 9.17) is 0 Å². The molecule has 1 aliphatic rings. The summed E-state index contributed by atoms with van der Waals surface area (Å²) >= 11 is 0. The second kappa shape index (κ2) is 4.77. The molecule has 0 aromatic carbocycles. The van der Waals surface area contributed by atoms with E-state index in [1.54, 1.807) is 0 Å². The maximum atomic E-state index is 9.34. The first-order valence-corrected chi connectivity index (χ1v) is 5.16. The summed E-state index contributed by atoms with van der Waals surface area (Å²) in [6.45, 7) is 2.37. The monoisotopic (exact) mass is 184 g/mol. The Kier molecular flexibility index (Phi) is 3.94. The maximum Gasteiger partial charge on any atom is 0.0515 e. The Bertz CT molecular complexity index is 171. The summed E-state index contributed by atoms with van der Waals surface area (Å²) in [6.07, 6.45) is 8.31. The second-order valence-electron chi connectivity index (χ2n) is 4.08. The third-order valence-electron chi connectivity index (χ3n) is 3.24. The van der Waals surface area contributed by atoms with Crippen molar-refractivity contribution in [3.05, 3.63) is 12.2 Å². The first kappa shape index (κ1) is 10.7. The highest BCUT2D eigenvalue weighted by molar-refractivity contribution is 5.02. The summed E-state index contributed by atoms with van der Waals surface area (Å²) in [7, 11) is 0. The van der Waals surface area contributed by atoms with E-state index in [1.807, 2.05) is 0 Å². The van der Waals surface area contributed by atoms with Crippen molar-refractivity contribution in [3.63, 3.8) is 0 Å². The smallest absolute Gasteiger partial charge is 0.0515 e. The van der Waals surface area contributed by atoms with Crippen molar-refractivity contribution in [2.75, 3.05) is 13.2 Å². The Hall–Kier alpha value is -0.340. The van der Waals surface area contributed by atoms with Crippen molar-refractivity contribution in [2.45, 2.75) is 32.6 Å². The lowest BCUT2D eigenvalue weighted by Gasteiger charge is -2.39. The summed E-state index contributed by atoms with van der Waals surface area (Å²) < 4.78 is 0. The minimum absolute atomic E-state index is 0.110. The highest BCUT2D eigenvalue weighted by Crippen LogP contribution is 2.39. The van der Waals surface area contributed by atoms with Crippen molar-refractivity contribution in [1.29, 1.82) is 0 Å². The Morgan fingerprint density at radius 1 is 1.31 bits per heavy atom. The molecule has 0 aromatic rings. The molecule has 0 bridgehead atoms. The summed E-state index contributed by atoms with van der Waals surface area (Å²) in [6, 6.07) is 0. The molecule has 1 aliphatic carbocycles. The number of hydrogen-bond acceptors (Lipinski definition) is 2. The molecule has 0 aliphatic heterocycles. The molecule has 2 heteroatoms. The molecule has 0 spiro atoms. The van der Waals surface area contributed by atoms with Gasteiger partial charge in [0.2, 0.25) is 0 Å². The van der Waals surface area contributed by atoms with E-state index in [0.717, 1.165) is 25.7 Å². The van der Waals surface area contributed by atoms with Gasteiger partial charge in [0, 0.05) is 5.41 Å². The molecule has 13 heavy (non-hydrogen) atoms. The first-order valence-electron chi connectivity index (χ1n) is 5.16. The fourth-order valence-corrected chi connectivity index (χ4v) is 2.20. The zero-order chi connectivity index (χ0) is 9.73. The Labute approximate surface area is 80.3 Å². The van der Waals surface area contributed by atoms with Gasteiger partial charge in [0.25, 0.3) is 0 Å². The van der Waals surface area contributed by atoms with E-state index in [1.165, 1.54) is 0 Å². The van der Waals surface area contributed by atoms with Crippen molar-refractivity contribution >= 4 is 0 Å². The lowest BCUT2D eigenvalue weighted by Crippen LogP contribution is -2.39. The SMILES string of the molecule is CCCC1CC=CCC1(CO)CO. The predicted molar refractivity (Wildman–Crippen MR) is 53.4 cm³/mol. The van der Waals surface area contributed by atoms with Crippen LogP contribution >= 0.6 is 0 Å². The molecule has 2 nitrogen and oxygen atoms in total. The van der Waals surface area contributed by atoms with Crippen molar-refractivity contribution < 1.29 is 10.2 Å². The zero-order valence-corrected chi connectivity index (χ0v) is 8.37. The highest BCUT2D eigenvalue weighted by atomic mass is 16.3. The molecular formula is C11H20O2. The van der Waals surface area contributed by atoms with Crippen LogP contribution in [-0.4, -0.2) is 23.4 Å². The standard InChI is InChI=1S/C11H20O2/c1-2-5-10-6-3-4-7-11(10,8-12)9-13/h3-4,10,12-13H,2,5-9H2,1H3. The zero-order valence-electron chi connectivity index (χ0n) is 8.37. The molecular weight excluding hydrogens is 164 g/mol. The normalized spacial score (nSPS) is 26.2. The van der Waals surface area contributed by atoms with E-state index in [9.17, 15) is 10.2 Å². The average Bonchev–Trinajstić information content (AvgIpc) is 2.20. The third-order valence-corrected chi connectivity index (χ3v) is 3.24. The van der Waals surface area contributed by atoms with Crippen molar-refractivity contribution in [1.82, 2.24) is 0 Å². The third kappa shape index (κ3) is 2.12. The number of hydrogen-bond donors (Lipinski definition) is 2. The quantitative estimate of drug-likeness (QED) is 0.653. The van der Waals surface area contributed by atoms with Crippen LogP contribution in [0.5, 0.6) is 0 Å². The largest absolute Gasteiger partial charge is 0.396 e. The fourth-order valence-electron chi connectivity index (χ4n) is 2.20. The topological polar surface area (TPSA) is 40.5 Å². The van der Waals surface area contributed by atoms with Crippen LogP contribution in [0.3, 0.4) is 0 Å². The van der Waals surface area contributed by atoms with E-state index >= 15 is 0 Å². The van der Waals surface area contributed by atoms with Gasteiger partial charge < -0.3 is 10.2 Å². The maximum absolute atomic E-state index is 9.34. The van der Waals surface area contributed by atoms with Gasteiger partial charge in [-0.3, -0.25) is 0 Å². The molecule has 1 unspecified atom stereocenters. The van der Waals surface area contributed by atoms with Gasteiger partial charge >= 0.3 is 0 Å². The summed E-state index contributed by atoms with van der Waals surface area (Å²) in [4.78, 5) is 0. The van der Waals surface area contributed by atoms with Gasteiger partial charge in [0.15, 0.2) is 0 Å². The van der Waals surface area contributed by atoms with E-state index < -0.39 is 0 Å². The molecule has 76 valence electrons. The van der Waals surface area contributed by atoms with Gasteiger partial charge in [-0.1, -0.05) is 25.5 Å². The molecule has 0 saturated heterocycles. The number of allylic oxidation sites excluding steroid dienone is 2. The number of rotatable bonds is 4. The minimum Gasteiger partial charge on any atom is -0.396 e. The van der Waals surface area contributed by atoms with Gasteiger partial charge in [-0.2, -0.15) is 0 Å². The van der Waals surface area contributed by atoms with Crippen LogP contribution in [0.4, 0.5) is 0 Å². The number of aliphatic hydroxyl groups is 2. The fraction of sp³-hybridized carbons (Fsp3) is 0.818. The molecule has 0 fully saturated rings. The predicted octanol–water partition coefficient (Wildman–Crippen LogP) is 1.72. The minimum atomic E-state index is -0.245. The van der Waals surface area contributed by atoms with Gasteiger partial charge in [0.05, 0.1) is 13.2 Å². The molecule has 0 heterocycles. The molecule has 0 radical (unpaired) electrons. The van der Waals surface area contributed by atoms with Crippen LogP contribution in [0.25, 0.3) is 0 Å².